The second-order valence-electron chi connectivity index (χ2n) is 4.96. The van der Waals surface area contributed by atoms with Crippen LogP contribution in [0.1, 0.15) is 0 Å². The molecule has 5 heteroatoms. The van der Waals surface area contributed by atoms with Gasteiger partial charge in [0.05, 0.1) is 10.6 Å². The van der Waals surface area contributed by atoms with Crippen LogP contribution in [0.15, 0.2) is 71.6 Å². The van der Waals surface area contributed by atoms with Crippen molar-refractivity contribution in [1.29, 1.82) is 0 Å². The Balaban J connectivity index is 2.07. The molecule has 3 rings (SSSR count). The van der Waals surface area contributed by atoms with Crippen LogP contribution in [0, 0.1) is 5.82 Å². The molecule has 112 valence electrons. The van der Waals surface area contributed by atoms with E-state index in [0.717, 1.165) is 15.1 Å². The maximum absolute atomic E-state index is 13.3. The Morgan fingerprint density at radius 2 is 1.59 bits per heavy atom. The number of hydrogen-bond donors (Lipinski definition) is 0. The Kier molecular flexibility index (Phi) is 3.58. The van der Waals surface area contributed by atoms with Gasteiger partial charge in [0.25, 0.3) is 10.0 Å². The van der Waals surface area contributed by atoms with E-state index in [0.29, 0.717) is 0 Å². The molecule has 0 bridgehead atoms. The minimum absolute atomic E-state index is 0.179. The van der Waals surface area contributed by atoms with Gasteiger partial charge in [0, 0.05) is 7.05 Å². The smallest absolute Gasteiger partial charge is 0.264 e. The van der Waals surface area contributed by atoms with Gasteiger partial charge < -0.3 is 0 Å². The summed E-state index contributed by atoms with van der Waals surface area (Å²) in [4.78, 5) is 0.179. The van der Waals surface area contributed by atoms with Crippen LogP contribution in [0.25, 0.3) is 10.8 Å². The number of nitrogens with zero attached hydrogens (tertiary/aromatic N) is 1. The highest BCUT2D eigenvalue weighted by molar-refractivity contribution is 7.92. The van der Waals surface area contributed by atoms with Gasteiger partial charge in [0.15, 0.2) is 0 Å². The minimum Gasteiger partial charge on any atom is -0.269 e. The summed E-state index contributed by atoms with van der Waals surface area (Å²) in [5.74, 6) is -0.474. The Bertz CT molecular complexity index is 938. The van der Waals surface area contributed by atoms with Crippen LogP contribution in [0.3, 0.4) is 0 Å². The third-order valence-corrected chi connectivity index (χ3v) is 5.33. The zero-order valence-electron chi connectivity index (χ0n) is 11.9. The molecule has 0 heterocycles. The van der Waals surface area contributed by atoms with E-state index < -0.39 is 15.8 Å². The summed E-state index contributed by atoms with van der Waals surface area (Å²) in [6.07, 6.45) is 0. The molecule has 0 radical (unpaired) electrons. The van der Waals surface area contributed by atoms with Crippen molar-refractivity contribution in [3.05, 3.63) is 72.5 Å². The van der Waals surface area contributed by atoms with Crippen LogP contribution < -0.4 is 4.31 Å². The van der Waals surface area contributed by atoms with E-state index >= 15 is 0 Å². The van der Waals surface area contributed by atoms with E-state index in [4.69, 9.17) is 0 Å². The van der Waals surface area contributed by atoms with E-state index in [-0.39, 0.29) is 10.6 Å². The zero-order valence-corrected chi connectivity index (χ0v) is 12.7. The molecule has 0 saturated heterocycles. The number of fused-ring (bicyclic) bond motifs is 1. The summed E-state index contributed by atoms with van der Waals surface area (Å²) in [5, 5.41) is 1.81. The Morgan fingerprint density at radius 1 is 0.864 bits per heavy atom. The highest BCUT2D eigenvalue weighted by Gasteiger charge is 2.21. The summed E-state index contributed by atoms with van der Waals surface area (Å²) in [7, 11) is -2.32. The molecule has 0 N–H and O–H groups in total. The number of sulfonamides is 1. The van der Waals surface area contributed by atoms with Gasteiger partial charge in [0.2, 0.25) is 0 Å². The van der Waals surface area contributed by atoms with Crippen molar-refractivity contribution >= 4 is 26.5 Å². The maximum Gasteiger partial charge on any atom is 0.264 e. The molecule has 0 spiro atoms. The quantitative estimate of drug-likeness (QED) is 0.737. The highest BCUT2D eigenvalue weighted by Crippen LogP contribution is 2.25. The molecule has 0 aliphatic heterocycles. The fourth-order valence-electron chi connectivity index (χ4n) is 2.30. The lowest BCUT2D eigenvalue weighted by molar-refractivity contribution is 0.594. The number of benzene rings is 3. The molecule has 0 atom stereocenters. The van der Waals surface area contributed by atoms with Crippen molar-refractivity contribution < 1.29 is 12.8 Å². The van der Waals surface area contributed by atoms with Crippen LogP contribution in [0.5, 0.6) is 0 Å². The van der Waals surface area contributed by atoms with Crippen molar-refractivity contribution in [2.75, 3.05) is 11.4 Å². The Morgan fingerprint density at radius 3 is 2.32 bits per heavy atom. The van der Waals surface area contributed by atoms with Gasteiger partial charge in [-0.15, -0.1) is 0 Å². The molecule has 0 fully saturated rings. The standard InChI is InChI=1S/C17H14FNO2S/c1-19(16-8-4-7-15(18)12-16)22(20,21)17-10-9-13-5-2-3-6-14(13)11-17/h2-12H,1H3. The average molecular weight is 315 g/mol. The molecule has 0 saturated carbocycles. The molecule has 0 aliphatic rings. The van der Waals surface area contributed by atoms with E-state index in [1.54, 1.807) is 24.3 Å². The predicted octanol–water partition coefficient (Wildman–Crippen LogP) is 3.80. The van der Waals surface area contributed by atoms with Gasteiger partial charge in [-0.25, -0.2) is 12.8 Å². The fourth-order valence-corrected chi connectivity index (χ4v) is 3.52. The average Bonchev–Trinajstić information content (AvgIpc) is 2.53. The summed E-state index contributed by atoms with van der Waals surface area (Å²) in [5.41, 5.74) is 0.285. The van der Waals surface area contributed by atoms with E-state index in [9.17, 15) is 12.8 Å². The second kappa shape index (κ2) is 5.42. The van der Waals surface area contributed by atoms with Crippen LogP contribution in [0.4, 0.5) is 10.1 Å². The zero-order chi connectivity index (χ0) is 15.7. The van der Waals surface area contributed by atoms with Gasteiger partial charge in [-0.05, 0) is 41.1 Å². The SMILES string of the molecule is CN(c1cccc(F)c1)S(=O)(=O)c1ccc2ccccc2c1. The summed E-state index contributed by atoms with van der Waals surface area (Å²) in [6.45, 7) is 0. The first-order valence-electron chi connectivity index (χ1n) is 6.72. The van der Waals surface area contributed by atoms with Gasteiger partial charge in [0.1, 0.15) is 5.82 Å². The monoisotopic (exact) mass is 315 g/mol. The molecule has 3 aromatic carbocycles. The molecule has 0 amide bonds. The van der Waals surface area contributed by atoms with Crippen LogP contribution in [-0.2, 0) is 10.0 Å². The van der Waals surface area contributed by atoms with Crippen LogP contribution in [0.2, 0.25) is 0 Å². The fraction of sp³-hybridized carbons (Fsp3) is 0.0588. The molecule has 3 nitrogen and oxygen atoms in total. The van der Waals surface area contributed by atoms with E-state index in [1.807, 2.05) is 24.3 Å². The lowest BCUT2D eigenvalue weighted by atomic mass is 10.1. The van der Waals surface area contributed by atoms with Crippen LogP contribution in [-0.4, -0.2) is 15.5 Å². The first kappa shape index (κ1) is 14.5. The van der Waals surface area contributed by atoms with Gasteiger partial charge >= 0.3 is 0 Å². The molecular weight excluding hydrogens is 301 g/mol. The van der Waals surface area contributed by atoms with Gasteiger partial charge in [-0.1, -0.05) is 36.4 Å². The molecule has 0 aliphatic carbocycles. The summed E-state index contributed by atoms with van der Waals surface area (Å²) in [6, 6.07) is 18.0. The van der Waals surface area contributed by atoms with Gasteiger partial charge in [-0.2, -0.15) is 0 Å². The molecular formula is C17H14FNO2S. The van der Waals surface area contributed by atoms with Crippen molar-refractivity contribution in [2.24, 2.45) is 0 Å². The summed E-state index contributed by atoms with van der Waals surface area (Å²) >= 11 is 0. The van der Waals surface area contributed by atoms with Crippen molar-refractivity contribution in [2.45, 2.75) is 4.90 Å². The number of rotatable bonds is 3. The van der Waals surface area contributed by atoms with Crippen molar-refractivity contribution in [3.63, 3.8) is 0 Å². The first-order chi connectivity index (χ1) is 10.5. The van der Waals surface area contributed by atoms with Crippen molar-refractivity contribution in [3.8, 4) is 0 Å². The third kappa shape index (κ3) is 2.55. The maximum atomic E-state index is 13.3. The number of hydrogen-bond acceptors (Lipinski definition) is 2. The molecule has 0 aromatic heterocycles. The largest absolute Gasteiger partial charge is 0.269 e. The molecule has 3 aromatic rings. The normalized spacial score (nSPS) is 11.5. The number of halogens is 1. The van der Waals surface area contributed by atoms with Gasteiger partial charge in [-0.3, -0.25) is 4.31 Å². The second-order valence-corrected chi connectivity index (χ2v) is 6.93. The van der Waals surface area contributed by atoms with E-state index in [2.05, 4.69) is 0 Å². The lowest BCUT2D eigenvalue weighted by Gasteiger charge is -2.19. The Labute approximate surface area is 128 Å². The topological polar surface area (TPSA) is 37.4 Å². The highest BCUT2D eigenvalue weighted by atomic mass is 32.2. The molecule has 0 unspecified atom stereocenters. The molecule has 22 heavy (non-hydrogen) atoms. The number of anilines is 1. The van der Waals surface area contributed by atoms with E-state index in [1.165, 1.54) is 25.2 Å². The first-order valence-corrected chi connectivity index (χ1v) is 8.16. The van der Waals surface area contributed by atoms with Crippen molar-refractivity contribution in [1.82, 2.24) is 0 Å². The third-order valence-electron chi connectivity index (χ3n) is 3.55. The predicted molar refractivity (Wildman–Crippen MR) is 85.9 cm³/mol. The lowest BCUT2D eigenvalue weighted by Crippen LogP contribution is -2.26. The van der Waals surface area contributed by atoms with Crippen LogP contribution >= 0.6 is 0 Å². The summed E-state index contributed by atoms with van der Waals surface area (Å²) < 4.78 is 39.8. The Hall–Kier alpha value is -2.40. The minimum atomic E-state index is -3.73.